The van der Waals surface area contributed by atoms with Gasteiger partial charge >= 0.3 is 8.80 Å². The van der Waals surface area contributed by atoms with E-state index in [1.807, 2.05) is 20.8 Å². The summed E-state index contributed by atoms with van der Waals surface area (Å²) in [6.07, 6.45) is 7.65. The molecule has 8 nitrogen and oxygen atoms in total. The van der Waals surface area contributed by atoms with E-state index in [0.29, 0.717) is 19.8 Å². The molecule has 26 heavy (non-hydrogen) atoms. The summed E-state index contributed by atoms with van der Waals surface area (Å²) in [7, 11) is -2.51. The molecule has 146 valence electrons. The van der Waals surface area contributed by atoms with Crippen molar-refractivity contribution in [3.05, 3.63) is 30.1 Å². The van der Waals surface area contributed by atoms with Crippen LogP contribution in [0.5, 0.6) is 0 Å². The Labute approximate surface area is 158 Å². The van der Waals surface area contributed by atoms with Gasteiger partial charge in [-0.15, -0.1) is 0 Å². The molecule has 1 aromatic heterocycles. The van der Waals surface area contributed by atoms with Gasteiger partial charge in [0.05, 0.1) is 0 Å². The van der Waals surface area contributed by atoms with E-state index in [0.717, 1.165) is 19.0 Å². The predicted molar refractivity (Wildman–Crippen MR) is 101 cm³/mol. The molecule has 0 aliphatic heterocycles. The van der Waals surface area contributed by atoms with Crippen LogP contribution in [0.4, 0.5) is 0 Å². The number of nitriles is 2. The fourth-order valence-electron chi connectivity index (χ4n) is 2.16. The van der Waals surface area contributed by atoms with Gasteiger partial charge in [-0.05, 0) is 39.7 Å². The standard InChI is InChI=1S/C15H28NO3Si.2CH2N2/c1-5-16-12-9-15(10-13-16)11-14-20(17-6-2,18-7-3)19-8-4;2*2-1-3/h9-10,12-13H,5-8,11,14H2,1-4H3;2*2H2/q+1;;. The Bertz CT molecular complexity index is 500. The molecule has 9 heteroatoms. The summed E-state index contributed by atoms with van der Waals surface area (Å²) in [6.45, 7) is 11.0. The van der Waals surface area contributed by atoms with Crippen molar-refractivity contribution in [1.29, 1.82) is 10.5 Å². The molecule has 4 N–H and O–H groups in total. The summed E-state index contributed by atoms with van der Waals surface area (Å²) in [6, 6.07) is 5.15. The van der Waals surface area contributed by atoms with Gasteiger partial charge in [0.15, 0.2) is 24.8 Å². The molecule has 0 spiro atoms. The van der Waals surface area contributed by atoms with Crippen LogP contribution in [0.2, 0.25) is 6.04 Å². The third-order valence-electron chi connectivity index (χ3n) is 3.14. The second kappa shape index (κ2) is 17.6. The SMILES string of the molecule is CCO[Si](CCc1cc[n+](CC)cc1)(OCC)OCC.N#CN.N#CN. The number of rotatable bonds is 10. The second-order valence-electron chi connectivity index (χ2n) is 4.78. The first-order valence-corrected chi connectivity index (χ1v) is 10.5. The molecule has 1 aromatic rings. The third-order valence-corrected chi connectivity index (χ3v) is 6.19. The predicted octanol–water partition coefficient (Wildman–Crippen LogP) is 1.44. The minimum absolute atomic E-state index is 0.636. The molecule has 0 atom stereocenters. The zero-order chi connectivity index (χ0) is 20.3. The topological polar surface area (TPSA) is 131 Å². The van der Waals surface area contributed by atoms with Crippen molar-refractivity contribution in [3.8, 4) is 12.4 Å². The van der Waals surface area contributed by atoms with Crippen molar-refractivity contribution in [1.82, 2.24) is 0 Å². The van der Waals surface area contributed by atoms with E-state index in [2.05, 4.69) is 47.5 Å². The maximum Gasteiger partial charge on any atom is 0.501 e. The van der Waals surface area contributed by atoms with E-state index < -0.39 is 8.80 Å². The summed E-state index contributed by atoms with van der Waals surface area (Å²) in [4.78, 5) is 0. The highest BCUT2D eigenvalue weighted by Crippen LogP contribution is 2.18. The largest absolute Gasteiger partial charge is 0.501 e. The number of pyridine rings is 1. The van der Waals surface area contributed by atoms with Gasteiger partial charge in [0.25, 0.3) is 0 Å². The second-order valence-corrected chi connectivity index (χ2v) is 7.51. The molecule has 0 saturated heterocycles. The first-order chi connectivity index (χ1) is 12.5. The number of hydrogen-bond donors (Lipinski definition) is 2. The summed E-state index contributed by atoms with van der Waals surface area (Å²) < 4.78 is 19.8. The van der Waals surface area contributed by atoms with Crippen LogP contribution in [0.1, 0.15) is 33.3 Å². The van der Waals surface area contributed by atoms with Crippen molar-refractivity contribution in [2.75, 3.05) is 19.8 Å². The Hall–Kier alpha value is -2.17. The zero-order valence-electron chi connectivity index (χ0n) is 16.3. The number of nitrogens with two attached hydrogens (primary N) is 2. The molecule has 0 aliphatic rings. The summed E-state index contributed by atoms with van der Waals surface area (Å²) in [5.41, 5.74) is 9.60. The van der Waals surface area contributed by atoms with Gasteiger partial charge in [0.2, 0.25) is 0 Å². The van der Waals surface area contributed by atoms with Crippen LogP contribution in [0, 0.1) is 22.9 Å². The van der Waals surface area contributed by atoms with Crippen molar-refractivity contribution >= 4 is 8.80 Å². The van der Waals surface area contributed by atoms with Gasteiger partial charge in [-0.1, -0.05) is 0 Å². The average Bonchev–Trinajstić information content (AvgIpc) is 2.62. The molecular formula is C17H32N5O3Si+. The Morgan fingerprint density at radius 1 is 0.923 bits per heavy atom. The number of hydrogen-bond acceptors (Lipinski definition) is 7. The van der Waals surface area contributed by atoms with Crippen molar-refractivity contribution < 1.29 is 17.8 Å². The first kappa shape index (κ1) is 26.1. The normalized spacial score (nSPS) is 9.62. The smallest absolute Gasteiger partial charge is 0.374 e. The van der Waals surface area contributed by atoms with Crippen LogP contribution in [-0.2, 0) is 26.2 Å². The lowest BCUT2D eigenvalue weighted by Gasteiger charge is -2.28. The Kier molecular flexibility index (Phi) is 17.7. The number of aromatic nitrogens is 1. The molecule has 0 bridgehead atoms. The lowest BCUT2D eigenvalue weighted by molar-refractivity contribution is -0.693. The van der Waals surface area contributed by atoms with Crippen LogP contribution in [0.3, 0.4) is 0 Å². The lowest BCUT2D eigenvalue weighted by Crippen LogP contribution is -2.46. The highest BCUT2D eigenvalue weighted by Gasteiger charge is 2.39. The molecule has 0 radical (unpaired) electrons. The van der Waals surface area contributed by atoms with Gasteiger partial charge in [0, 0.05) is 38.0 Å². The zero-order valence-corrected chi connectivity index (χ0v) is 17.3. The van der Waals surface area contributed by atoms with Crippen LogP contribution in [0.25, 0.3) is 0 Å². The number of aryl methyl sites for hydroxylation is 2. The first-order valence-electron chi connectivity index (χ1n) is 8.62. The monoisotopic (exact) mass is 382 g/mol. The molecule has 0 amide bonds. The van der Waals surface area contributed by atoms with Crippen LogP contribution in [0.15, 0.2) is 24.5 Å². The van der Waals surface area contributed by atoms with Gasteiger partial charge < -0.3 is 24.7 Å². The minimum Gasteiger partial charge on any atom is -0.374 e. The molecule has 0 fully saturated rings. The molecule has 0 aromatic carbocycles. The highest BCUT2D eigenvalue weighted by atomic mass is 28.4. The van der Waals surface area contributed by atoms with Crippen LogP contribution in [-0.4, -0.2) is 28.6 Å². The maximum atomic E-state index is 7.10. The van der Waals surface area contributed by atoms with Gasteiger partial charge in [0.1, 0.15) is 6.54 Å². The molecule has 0 unspecified atom stereocenters. The van der Waals surface area contributed by atoms with Gasteiger partial charge in [-0.25, -0.2) is 4.57 Å². The van der Waals surface area contributed by atoms with Crippen LogP contribution < -0.4 is 16.0 Å². The van der Waals surface area contributed by atoms with Crippen molar-refractivity contribution in [2.45, 2.75) is 46.7 Å². The molecule has 0 saturated carbocycles. The van der Waals surface area contributed by atoms with Crippen LogP contribution >= 0.6 is 0 Å². The summed E-state index contributed by atoms with van der Waals surface area (Å²) in [5, 5.41) is 14.2. The minimum atomic E-state index is -2.51. The fraction of sp³-hybridized carbons (Fsp3) is 0.588. The Morgan fingerprint density at radius 2 is 1.31 bits per heavy atom. The average molecular weight is 383 g/mol. The van der Waals surface area contributed by atoms with E-state index in [1.54, 1.807) is 0 Å². The quantitative estimate of drug-likeness (QED) is 0.271. The molecule has 1 rings (SSSR count). The highest BCUT2D eigenvalue weighted by molar-refractivity contribution is 6.60. The lowest BCUT2D eigenvalue weighted by atomic mass is 10.2. The summed E-state index contributed by atoms with van der Waals surface area (Å²) >= 11 is 0. The summed E-state index contributed by atoms with van der Waals surface area (Å²) in [5.74, 6) is 0. The van der Waals surface area contributed by atoms with Gasteiger partial charge in [-0.3, -0.25) is 0 Å². The Balaban J connectivity index is 0. The molecule has 1 heterocycles. The molecular weight excluding hydrogens is 350 g/mol. The van der Waals surface area contributed by atoms with E-state index in [1.165, 1.54) is 17.9 Å². The number of nitrogens with zero attached hydrogens (tertiary/aromatic N) is 3. The molecule has 0 aliphatic carbocycles. The van der Waals surface area contributed by atoms with E-state index in [4.69, 9.17) is 23.8 Å². The van der Waals surface area contributed by atoms with E-state index in [-0.39, 0.29) is 0 Å². The van der Waals surface area contributed by atoms with E-state index in [9.17, 15) is 0 Å². The van der Waals surface area contributed by atoms with E-state index >= 15 is 0 Å². The Morgan fingerprint density at radius 3 is 1.62 bits per heavy atom. The van der Waals surface area contributed by atoms with Gasteiger partial charge in [-0.2, -0.15) is 10.5 Å². The van der Waals surface area contributed by atoms with Crippen molar-refractivity contribution in [2.24, 2.45) is 11.5 Å². The fourth-order valence-corrected chi connectivity index (χ4v) is 4.76. The van der Waals surface area contributed by atoms with Crippen molar-refractivity contribution in [3.63, 3.8) is 0 Å². The third kappa shape index (κ3) is 12.2. The maximum absolute atomic E-state index is 7.10.